The fraction of sp³-hybridized carbons (Fsp3) is 0.938. The van der Waals surface area contributed by atoms with E-state index in [4.69, 9.17) is 5.73 Å². The molecular formula is C16H33N3O. The van der Waals surface area contributed by atoms with Gasteiger partial charge in [-0.25, -0.2) is 0 Å². The number of nitrogens with one attached hydrogen (secondary N) is 1. The van der Waals surface area contributed by atoms with Crippen LogP contribution in [0.25, 0.3) is 0 Å². The molecule has 1 saturated carbocycles. The third kappa shape index (κ3) is 5.80. The Morgan fingerprint density at radius 3 is 2.40 bits per heavy atom. The predicted molar refractivity (Wildman–Crippen MR) is 84.5 cm³/mol. The second kappa shape index (κ2) is 8.63. The van der Waals surface area contributed by atoms with Gasteiger partial charge < -0.3 is 11.1 Å². The van der Waals surface area contributed by atoms with E-state index in [0.717, 1.165) is 25.8 Å². The highest BCUT2D eigenvalue weighted by Crippen LogP contribution is 2.17. The molecule has 1 aliphatic rings. The molecule has 4 nitrogen and oxygen atoms in total. The molecule has 2 unspecified atom stereocenters. The van der Waals surface area contributed by atoms with Gasteiger partial charge in [0.1, 0.15) is 0 Å². The van der Waals surface area contributed by atoms with Crippen molar-refractivity contribution in [3.05, 3.63) is 0 Å². The van der Waals surface area contributed by atoms with E-state index in [9.17, 15) is 4.79 Å². The largest absolute Gasteiger partial charge is 0.352 e. The average Bonchev–Trinajstić information content (AvgIpc) is 2.44. The molecule has 1 aliphatic carbocycles. The van der Waals surface area contributed by atoms with Crippen molar-refractivity contribution in [1.29, 1.82) is 0 Å². The lowest BCUT2D eigenvalue weighted by Crippen LogP contribution is -2.48. The molecule has 1 fully saturated rings. The van der Waals surface area contributed by atoms with Gasteiger partial charge in [0, 0.05) is 18.6 Å². The number of rotatable bonds is 7. The van der Waals surface area contributed by atoms with Crippen LogP contribution < -0.4 is 11.1 Å². The molecule has 2 atom stereocenters. The van der Waals surface area contributed by atoms with Crippen LogP contribution in [0.5, 0.6) is 0 Å². The van der Waals surface area contributed by atoms with Crippen molar-refractivity contribution in [1.82, 2.24) is 10.2 Å². The topological polar surface area (TPSA) is 58.4 Å². The molecule has 0 saturated heterocycles. The smallest absolute Gasteiger partial charge is 0.237 e. The lowest BCUT2D eigenvalue weighted by molar-refractivity contribution is -0.126. The van der Waals surface area contributed by atoms with Gasteiger partial charge in [0.25, 0.3) is 0 Å². The summed E-state index contributed by atoms with van der Waals surface area (Å²) >= 11 is 0. The second-order valence-electron chi connectivity index (χ2n) is 6.70. The molecule has 4 heteroatoms. The van der Waals surface area contributed by atoms with Crippen LogP contribution in [-0.4, -0.2) is 42.5 Å². The summed E-state index contributed by atoms with van der Waals surface area (Å²) in [6.45, 7) is 7.14. The normalized spacial score (nSPS) is 20.1. The minimum atomic E-state index is -0.0729. The zero-order chi connectivity index (χ0) is 15.1. The molecule has 0 bridgehead atoms. The number of amides is 1. The fourth-order valence-electron chi connectivity index (χ4n) is 2.65. The number of hydrogen-bond donors (Lipinski definition) is 2. The highest BCUT2D eigenvalue weighted by atomic mass is 16.2. The molecule has 0 aromatic heterocycles. The average molecular weight is 283 g/mol. The maximum Gasteiger partial charge on any atom is 0.237 e. The van der Waals surface area contributed by atoms with Crippen molar-refractivity contribution < 1.29 is 4.79 Å². The molecule has 0 aliphatic heterocycles. The Labute approximate surface area is 124 Å². The number of nitrogens with zero attached hydrogens (tertiary/aromatic N) is 1. The Balaban J connectivity index is 2.31. The third-order valence-electron chi connectivity index (χ3n) is 4.66. The molecule has 1 amide bonds. The summed E-state index contributed by atoms with van der Waals surface area (Å²) in [5.74, 6) is 0.660. The number of carbonyl (C=O) groups excluding carboxylic acids is 1. The third-order valence-corrected chi connectivity index (χ3v) is 4.66. The monoisotopic (exact) mass is 283 g/mol. The maximum absolute atomic E-state index is 12.2. The zero-order valence-electron chi connectivity index (χ0n) is 13.7. The van der Waals surface area contributed by atoms with Gasteiger partial charge in [-0.05, 0) is 39.2 Å². The predicted octanol–water partition coefficient (Wildman–Crippen LogP) is 2.13. The van der Waals surface area contributed by atoms with Crippen molar-refractivity contribution in [2.75, 3.05) is 13.6 Å². The van der Waals surface area contributed by atoms with E-state index in [2.05, 4.69) is 24.1 Å². The Kier molecular flexibility index (Phi) is 7.52. The first-order valence-corrected chi connectivity index (χ1v) is 8.18. The van der Waals surface area contributed by atoms with Crippen LogP contribution in [0, 0.1) is 5.92 Å². The van der Waals surface area contributed by atoms with Crippen LogP contribution in [0.2, 0.25) is 0 Å². The standard InChI is InChI=1S/C16H33N3O/c1-12(2)15(17)10-11-19(4)13(3)16(20)18-14-8-6-5-7-9-14/h12-15H,5-11,17H2,1-4H3,(H,18,20). The van der Waals surface area contributed by atoms with Crippen molar-refractivity contribution in [2.45, 2.75) is 77.4 Å². The Bertz CT molecular complexity index is 287. The van der Waals surface area contributed by atoms with Gasteiger partial charge >= 0.3 is 0 Å². The Morgan fingerprint density at radius 1 is 1.25 bits per heavy atom. The number of likely N-dealkylation sites (N-methyl/N-ethyl adjacent to an activating group) is 1. The minimum Gasteiger partial charge on any atom is -0.352 e. The summed E-state index contributed by atoms with van der Waals surface area (Å²) in [5.41, 5.74) is 6.06. The van der Waals surface area contributed by atoms with Crippen LogP contribution in [0.3, 0.4) is 0 Å². The van der Waals surface area contributed by atoms with Gasteiger partial charge in [-0.1, -0.05) is 33.1 Å². The van der Waals surface area contributed by atoms with Gasteiger partial charge in [0.2, 0.25) is 5.91 Å². The molecule has 1 rings (SSSR count). The Morgan fingerprint density at radius 2 is 1.85 bits per heavy atom. The SMILES string of the molecule is CC(C)C(N)CCN(C)C(C)C(=O)NC1CCCCC1. The first kappa shape index (κ1) is 17.4. The maximum atomic E-state index is 12.2. The van der Waals surface area contributed by atoms with E-state index in [1.165, 1.54) is 19.3 Å². The van der Waals surface area contributed by atoms with Crippen LogP contribution >= 0.6 is 0 Å². The van der Waals surface area contributed by atoms with Gasteiger partial charge in [0.15, 0.2) is 0 Å². The molecule has 0 aromatic rings. The second-order valence-corrected chi connectivity index (χ2v) is 6.70. The van der Waals surface area contributed by atoms with Gasteiger partial charge in [-0.15, -0.1) is 0 Å². The van der Waals surface area contributed by atoms with E-state index < -0.39 is 0 Å². The van der Waals surface area contributed by atoms with E-state index in [-0.39, 0.29) is 18.0 Å². The summed E-state index contributed by atoms with van der Waals surface area (Å²) < 4.78 is 0. The molecule has 0 radical (unpaired) electrons. The molecule has 3 N–H and O–H groups in total. The fourth-order valence-corrected chi connectivity index (χ4v) is 2.65. The minimum absolute atomic E-state index is 0.0729. The van der Waals surface area contributed by atoms with Crippen molar-refractivity contribution in [3.63, 3.8) is 0 Å². The highest BCUT2D eigenvalue weighted by molar-refractivity contribution is 5.81. The lowest BCUT2D eigenvalue weighted by Gasteiger charge is -2.29. The van der Waals surface area contributed by atoms with E-state index >= 15 is 0 Å². The first-order chi connectivity index (χ1) is 9.41. The molecule has 0 aromatic carbocycles. The number of carbonyl (C=O) groups is 1. The Hall–Kier alpha value is -0.610. The number of hydrogen-bond acceptors (Lipinski definition) is 3. The van der Waals surface area contributed by atoms with Crippen LogP contribution in [0.4, 0.5) is 0 Å². The van der Waals surface area contributed by atoms with Gasteiger partial charge in [0.05, 0.1) is 6.04 Å². The number of nitrogens with two attached hydrogens (primary N) is 1. The summed E-state index contributed by atoms with van der Waals surface area (Å²) in [5, 5.41) is 3.20. The van der Waals surface area contributed by atoms with Gasteiger partial charge in [-0.2, -0.15) is 0 Å². The summed E-state index contributed by atoms with van der Waals surface area (Å²) in [7, 11) is 2.01. The van der Waals surface area contributed by atoms with Gasteiger partial charge in [-0.3, -0.25) is 9.69 Å². The first-order valence-electron chi connectivity index (χ1n) is 8.18. The van der Waals surface area contributed by atoms with Crippen molar-refractivity contribution in [3.8, 4) is 0 Å². The molecule has 0 heterocycles. The molecule has 0 spiro atoms. The van der Waals surface area contributed by atoms with Crippen LogP contribution in [0.15, 0.2) is 0 Å². The lowest BCUT2D eigenvalue weighted by atomic mass is 9.95. The van der Waals surface area contributed by atoms with Crippen LogP contribution in [-0.2, 0) is 4.79 Å². The van der Waals surface area contributed by atoms with Crippen molar-refractivity contribution >= 4 is 5.91 Å². The summed E-state index contributed by atoms with van der Waals surface area (Å²) in [6, 6.07) is 0.535. The highest BCUT2D eigenvalue weighted by Gasteiger charge is 2.22. The molecule has 20 heavy (non-hydrogen) atoms. The summed E-state index contributed by atoms with van der Waals surface area (Å²) in [6.07, 6.45) is 7.03. The van der Waals surface area contributed by atoms with Crippen molar-refractivity contribution in [2.24, 2.45) is 11.7 Å². The quantitative estimate of drug-likeness (QED) is 0.752. The van der Waals surface area contributed by atoms with E-state index in [0.29, 0.717) is 12.0 Å². The van der Waals surface area contributed by atoms with E-state index in [1.807, 2.05) is 14.0 Å². The summed E-state index contributed by atoms with van der Waals surface area (Å²) in [4.78, 5) is 14.4. The molecular weight excluding hydrogens is 250 g/mol. The van der Waals surface area contributed by atoms with Crippen LogP contribution in [0.1, 0.15) is 59.3 Å². The zero-order valence-corrected chi connectivity index (χ0v) is 13.7. The van der Waals surface area contributed by atoms with E-state index in [1.54, 1.807) is 0 Å². The molecule has 118 valence electrons.